The lowest BCUT2D eigenvalue weighted by atomic mass is 10.1. The van der Waals surface area contributed by atoms with Crippen molar-refractivity contribution in [1.82, 2.24) is 10.2 Å². The lowest BCUT2D eigenvalue weighted by Gasteiger charge is -2.26. The summed E-state index contributed by atoms with van der Waals surface area (Å²) in [6.45, 7) is 9.65. The van der Waals surface area contributed by atoms with Crippen LogP contribution in [0.4, 0.5) is 5.69 Å². The van der Waals surface area contributed by atoms with Crippen LogP contribution in [0, 0.1) is 13.8 Å². The van der Waals surface area contributed by atoms with Gasteiger partial charge < -0.3 is 10.6 Å². The van der Waals surface area contributed by atoms with Crippen molar-refractivity contribution in [3.05, 3.63) is 29.3 Å². The van der Waals surface area contributed by atoms with Crippen molar-refractivity contribution in [1.29, 1.82) is 0 Å². The van der Waals surface area contributed by atoms with Gasteiger partial charge in [0, 0.05) is 18.3 Å². The van der Waals surface area contributed by atoms with Gasteiger partial charge in [-0.25, -0.2) is 0 Å². The van der Waals surface area contributed by atoms with E-state index in [0.717, 1.165) is 37.3 Å². The van der Waals surface area contributed by atoms with E-state index >= 15 is 0 Å². The van der Waals surface area contributed by atoms with Gasteiger partial charge in [-0.2, -0.15) is 0 Å². The molecule has 4 heteroatoms. The van der Waals surface area contributed by atoms with Crippen molar-refractivity contribution in [2.45, 2.75) is 33.2 Å². The first-order valence-electron chi connectivity index (χ1n) is 7.42. The minimum Gasteiger partial charge on any atom is -0.325 e. The van der Waals surface area contributed by atoms with Crippen LogP contribution in [-0.4, -0.2) is 43.0 Å². The highest BCUT2D eigenvalue weighted by atomic mass is 16.2. The summed E-state index contributed by atoms with van der Waals surface area (Å²) in [6.07, 6.45) is 1.13. The van der Waals surface area contributed by atoms with Gasteiger partial charge in [0.1, 0.15) is 0 Å². The molecule has 0 radical (unpaired) electrons. The number of amides is 1. The van der Waals surface area contributed by atoms with Crippen LogP contribution in [-0.2, 0) is 4.79 Å². The predicted molar refractivity (Wildman–Crippen MR) is 83.1 cm³/mol. The van der Waals surface area contributed by atoms with Gasteiger partial charge >= 0.3 is 0 Å². The van der Waals surface area contributed by atoms with Crippen molar-refractivity contribution in [2.24, 2.45) is 0 Å². The molecule has 1 fully saturated rings. The molecule has 1 aliphatic rings. The molecule has 0 aromatic heterocycles. The summed E-state index contributed by atoms with van der Waals surface area (Å²) in [5.74, 6) is 0.0763. The predicted octanol–water partition coefficient (Wildman–Crippen LogP) is 1.93. The maximum absolute atomic E-state index is 12.2. The maximum Gasteiger partial charge on any atom is 0.238 e. The standard InChI is InChI=1S/C16H25N3O/c1-4-19(14-8-9-17-10-14)11-16(20)18-15-7-5-6-12(2)13(15)3/h5-7,14,17H,4,8-11H2,1-3H3,(H,18,20). The molecule has 1 atom stereocenters. The third-order valence-electron chi connectivity index (χ3n) is 4.18. The molecule has 1 unspecified atom stereocenters. The summed E-state index contributed by atoms with van der Waals surface area (Å²) in [7, 11) is 0. The first kappa shape index (κ1) is 15.0. The Morgan fingerprint density at radius 2 is 2.25 bits per heavy atom. The van der Waals surface area contributed by atoms with E-state index in [2.05, 4.69) is 35.4 Å². The summed E-state index contributed by atoms with van der Waals surface area (Å²) >= 11 is 0. The second-order valence-electron chi connectivity index (χ2n) is 5.51. The molecule has 4 nitrogen and oxygen atoms in total. The van der Waals surface area contributed by atoms with E-state index in [-0.39, 0.29) is 5.91 Å². The SMILES string of the molecule is CCN(CC(=O)Nc1cccc(C)c1C)C1CCNC1. The molecule has 1 aromatic carbocycles. The van der Waals surface area contributed by atoms with Gasteiger partial charge in [-0.15, -0.1) is 0 Å². The molecule has 0 spiro atoms. The number of aryl methyl sites for hydroxylation is 1. The highest BCUT2D eigenvalue weighted by Crippen LogP contribution is 2.18. The van der Waals surface area contributed by atoms with E-state index in [4.69, 9.17) is 0 Å². The molecule has 2 N–H and O–H groups in total. The first-order chi connectivity index (χ1) is 9.61. The van der Waals surface area contributed by atoms with Crippen molar-refractivity contribution in [3.63, 3.8) is 0 Å². The van der Waals surface area contributed by atoms with Crippen LogP contribution in [0.5, 0.6) is 0 Å². The lowest BCUT2D eigenvalue weighted by molar-refractivity contribution is -0.117. The average molecular weight is 275 g/mol. The van der Waals surface area contributed by atoms with Gasteiger partial charge in [0.25, 0.3) is 0 Å². The quantitative estimate of drug-likeness (QED) is 0.863. The van der Waals surface area contributed by atoms with Crippen molar-refractivity contribution in [2.75, 3.05) is 31.5 Å². The molecule has 0 aliphatic carbocycles. The van der Waals surface area contributed by atoms with Crippen molar-refractivity contribution < 1.29 is 4.79 Å². The van der Waals surface area contributed by atoms with Crippen LogP contribution in [0.25, 0.3) is 0 Å². The fourth-order valence-corrected chi connectivity index (χ4v) is 2.71. The molecule has 2 rings (SSSR count). The molecular formula is C16H25N3O. The number of hydrogen-bond acceptors (Lipinski definition) is 3. The summed E-state index contributed by atoms with van der Waals surface area (Å²) in [5.41, 5.74) is 3.28. The molecule has 110 valence electrons. The summed E-state index contributed by atoms with van der Waals surface area (Å²) in [5, 5.41) is 6.39. The van der Waals surface area contributed by atoms with Gasteiger partial charge in [0.15, 0.2) is 0 Å². The molecule has 0 saturated carbocycles. The monoisotopic (exact) mass is 275 g/mol. The zero-order chi connectivity index (χ0) is 14.5. The number of nitrogens with zero attached hydrogens (tertiary/aromatic N) is 1. The fraction of sp³-hybridized carbons (Fsp3) is 0.562. The van der Waals surface area contributed by atoms with Gasteiger partial charge in [0.05, 0.1) is 6.54 Å². The summed E-state index contributed by atoms with van der Waals surface area (Å²) in [6, 6.07) is 6.50. The third-order valence-corrected chi connectivity index (χ3v) is 4.18. The zero-order valence-corrected chi connectivity index (χ0v) is 12.7. The molecule has 1 saturated heterocycles. The zero-order valence-electron chi connectivity index (χ0n) is 12.7. The number of carbonyl (C=O) groups is 1. The van der Waals surface area contributed by atoms with E-state index in [1.807, 2.05) is 19.1 Å². The van der Waals surface area contributed by atoms with Crippen molar-refractivity contribution in [3.8, 4) is 0 Å². The van der Waals surface area contributed by atoms with E-state index < -0.39 is 0 Å². The Kier molecular flexibility index (Phi) is 5.15. The Morgan fingerprint density at radius 1 is 1.45 bits per heavy atom. The first-order valence-corrected chi connectivity index (χ1v) is 7.42. The lowest BCUT2D eigenvalue weighted by Crippen LogP contribution is -2.41. The minimum atomic E-state index is 0.0763. The largest absolute Gasteiger partial charge is 0.325 e. The normalized spacial score (nSPS) is 18.5. The number of rotatable bonds is 5. The highest BCUT2D eigenvalue weighted by molar-refractivity contribution is 5.93. The van der Waals surface area contributed by atoms with E-state index in [9.17, 15) is 4.79 Å². The Hall–Kier alpha value is -1.39. The molecule has 20 heavy (non-hydrogen) atoms. The molecule has 1 aliphatic heterocycles. The van der Waals surface area contributed by atoms with E-state index in [1.54, 1.807) is 0 Å². The number of benzene rings is 1. The van der Waals surface area contributed by atoms with E-state index in [1.165, 1.54) is 5.56 Å². The number of hydrogen-bond donors (Lipinski definition) is 2. The van der Waals surface area contributed by atoms with Crippen LogP contribution in [0.1, 0.15) is 24.5 Å². The van der Waals surface area contributed by atoms with Gasteiger partial charge in [-0.3, -0.25) is 9.69 Å². The maximum atomic E-state index is 12.2. The topological polar surface area (TPSA) is 44.4 Å². The van der Waals surface area contributed by atoms with Crippen LogP contribution in [0.15, 0.2) is 18.2 Å². The fourth-order valence-electron chi connectivity index (χ4n) is 2.71. The molecule has 0 bridgehead atoms. The Labute approximate surface area is 121 Å². The number of anilines is 1. The summed E-state index contributed by atoms with van der Waals surface area (Å²) < 4.78 is 0. The average Bonchev–Trinajstić information content (AvgIpc) is 2.95. The molecule has 1 heterocycles. The number of nitrogens with one attached hydrogen (secondary N) is 2. The second-order valence-corrected chi connectivity index (χ2v) is 5.51. The summed E-state index contributed by atoms with van der Waals surface area (Å²) in [4.78, 5) is 14.5. The van der Waals surface area contributed by atoms with Crippen molar-refractivity contribution >= 4 is 11.6 Å². The smallest absolute Gasteiger partial charge is 0.238 e. The Bertz CT molecular complexity index is 467. The molecule has 1 aromatic rings. The Balaban J connectivity index is 1.95. The van der Waals surface area contributed by atoms with Crippen LogP contribution in [0.3, 0.4) is 0 Å². The number of carbonyl (C=O) groups excluding carboxylic acids is 1. The molecule has 1 amide bonds. The van der Waals surface area contributed by atoms with E-state index in [0.29, 0.717) is 12.6 Å². The van der Waals surface area contributed by atoms with Gasteiger partial charge in [-0.05, 0) is 50.6 Å². The van der Waals surface area contributed by atoms with Crippen LogP contribution >= 0.6 is 0 Å². The minimum absolute atomic E-state index is 0.0763. The van der Waals surface area contributed by atoms with Gasteiger partial charge in [0.2, 0.25) is 5.91 Å². The third kappa shape index (κ3) is 3.58. The Morgan fingerprint density at radius 3 is 2.90 bits per heavy atom. The van der Waals surface area contributed by atoms with Gasteiger partial charge in [-0.1, -0.05) is 19.1 Å². The second kappa shape index (κ2) is 6.86. The number of likely N-dealkylation sites (N-methyl/N-ethyl adjacent to an activating group) is 1. The molecular weight excluding hydrogens is 250 g/mol. The van der Waals surface area contributed by atoms with Crippen LogP contribution < -0.4 is 10.6 Å². The highest BCUT2D eigenvalue weighted by Gasteiger charge is 2.22. The van der Waals surface area contributed by atoms with Crippen LogP contribution in [0.2, 0.25) is 0 Å².